The molecule has 0 bridgehead atoms. The standard InChI is InChI=1S/C15H21ClN4O3/c16-11-9-17-14(18-10-11)23-13-3-1-12(2-4-13)19-15(21)20-5-7-22-8-6-20/h9-10,12-13H,1-8H2,(H,19,21). The molecule has 2 aliphatic rings. The Labute approximate surface area is 140 Å². The van der Waals surface area contributed by atoms with Crippen molar-refractivity contribution in [2.75, 3.05) is 26.3 Å². The van der Waals surface area contributed by atoms with Gasteiger partial charge in [-0.25, -0.2) is 14.8 Å². The van der Waals surface area contributed by atoms with E-state index in [1.165, 1.54) is 12.4 Å². The second kappa shape index (κ2) is 7.79. The quantitative estimate of drug-likeness (QED) is 0.908. The highest BCUT2D eigenvalue weighted by atomic mass is 35.5. The maximum atomic E-state index is 12.2. The summed E-state index contributed by atoms with van der Waals surface area (Å²) in [6.45, 7) is 2.57. The maximum Gasteiger partial charge on any atom is 0.317 e. The predicted molar refractivity (Wildman–Crippen MR) is 84.6 cm³/mol. The fraction of sp³-hybridized carbons (Fsp3) is 0.667. The molecule has 8 heteroatoms. The Morgan fingerprint density at radius 1 is 1.22 bits per heavy atom. The molecule has 23 heavy (non-hydrogen) atoms. The number of aromatic nitrogens is 2. The Bertz CT molecular complexity index is 514. The zero-order valence-electron chi connectivity index (χ0n) is 12.9. The van der Waals surface area contributed by atoms with Gasteiger partial charge in [0.15, 0.2) is 0 Å². The Balaban J connectivity index is 1.41. The number of morpholine rings is 1. The van der Waals surface area contributed by atoms with Crippen LogP contribution < -0.4 is 10.1 Å². The molecule has 2 heterocycles. The Morgan fingerprint density at radius 3 is 2.52 bits per heavy atom. The SMILES string of the molecule is O=C(NC1CCC(Oc2ncc(Cl)cn2)CC1)N1CCOCC1. The molecule has 0 spiro atoms. The summed E-state index contributed by atoms with van der Waals surface area (Å²) < 4.78 is 11.0. The van der Waals surface area contributed by atoms with Gasteiger partial charge in [-0.05, 0) is 25.7 Å². The van der Waals surface area contributed by atoms with Crippen molar-refractivity contribution < 1.29 is 14.3 Å². The molecule has 1 aliphatic heterocycles. The molecule has 2 fully saturated rings. The Kier molecular flexibility index (Phi) is 5.51. The van der Waals surface area contributed by atoms with Crippen LogP contribution in [0.25, 0.3) is 0 Å². The lowest BCUT2D eigenvalue weighted by atomic mass is 9.93. The van der Waals surface area contributed by atoms with Crippen LogP contribution in [0, 0.1) is 0 Å². The van der Waals surface area contributed by atoms with Crippen molar-refractivity contribution >= 4 is 17.6 Å². The van der Waals surface area contributed by atoms with Crippen LogP contribution in [-0.2, 0) is 4.74 Å². The molecule has 0 atom stereocenters. The van der Waals surface area contributed by atoms with Gasteiger partial charge in [0, 0.05) is 19.1 Å². The van der Waals surface area contributed by atoms with Gasteiger partial charge in [0.2, 0.25) is 0 Å². The van der Waals surface area contributed by atoms with Crippen LogP contribution in [0.3, 0.4) is 0 Å². The number of carbonyl (C=O) groups excluding carboxylic acids is 1. The number of urea groups is 1. The molecule has 1 aromatic rings. The van der Waals surface area contributed by atoms with Gasteiger partial charge in [-0.15, -0.1) is 0 Å². The predicted octanol–water partition coefficient (Wildman–Crippen LogP) is 1.86. The summed E-state index contributed by atoms with van der Waals surface area (Å²) in [6, 6.07) is 0.574. The molecule has 7 nitrogen and oxygen atoms in total. The molecule has 2 amide bonds. The van der Waals surface area contributed by atoms with Crippen molar-refractivity contribution in [1.29, 1.82) is 0 Å². The molecule has 1 N–H and O–H groups in total. The first-order chi connectivity index (χ1) is 11.2. The lowest BCUT2D eigenvalue weighted by Crippen LogP contribution is -2.50. The number of hydrogen-bond acceptors (Lipinski definition) is 5. The third-order valence-electron chi connectivity index (χ3n) is 4.17. The van der Waals surface area contributed by atoms with Gasteiger partial charge in [0.05, 0.1) is 30.6 Å². The molecule has 1 aliphatic carbocycles. The third-order valence-corrected chi connectivity index (χ3v) is 4.36. The van der Waals surface area contributed by atoms with Gasteiger partial charge in [0.1, 0.15) is 6.10 Å². The van der Waals surface area contributed by atoms with Crippen molar-refractivity contribution in [2.24, 2.45) is 0 Å². The largest absolute Gasteiger partial charge is 0.460 e. The van der Waals surface area contributed by atoms with Crippen LogP contribution in [0.1, 0.15) is 25.7 Å². The zero-order chi connectivity index (χ0) is 16.1. The summed E-state index contributed by atoms with van der Waals surface area (Å²) in [4.78, 5) is 22.1. The number of carbonyl (C=O) groups is 1. The summed E-state index contributed by atoms with van der Waals surface area (Å²) in [5.41, 5.74) is 0. The highest BCUT2D eigenvalue weighted by Crippen LogP contribution is 2.22. The minimum atomic E-state index is 0.0127. The first-order valence-electron chi connectivity index (χ1n) is 7.98. The summed E-state index contributed by atoms with van der Waals surface area (Å²) in [6.07, 6.45) is 6.69. The first kappa shape index (κ1) is 16.3. The fourth-order valence-electron chi connectivity index (χ4n) is 2.87. The van der Waals surface area contributed by atoms with E-state index >= 15 is 0 Å². The number of nitrogens with one attached hydrogen (secondary N) is 1. The topological polar surface area (TPSA) is 76.6 Å². The van der Waals surface area contributed by atoms with E-state index in [0.717, 1.165) is 25.7 Å². The summed E-state index contributed by atoms with van der Waals surface area (Å²) in [7, 11) is 0. The lowest BCUT2D eigenvalue weighted by molar-refractivity contribution is 0.0513. The lowest BCUT2D eigenvalue weighted by Gasteiger charge is -2.32. The van der Waals surface area contributed by atoms with Crippen LogP contribution in [0.5, 0.6) is 6.01 Å². The number of ether oxygens (including phenoxy) is 2. The van der Waals surface area contributed by atoms with Crippen LogP contribution >= 0.6 is 11.6 Å². The van der Waals surface area contributed by atoms with E-state index in [2.05, 4.69) is 15.3 Å². The van der Waals surface area contributed by atoms with Crippen molar-refractivity contribution in [2.45, 2.75) is 37.8 Å². The van der Waals surface area contributed by atoms with Gasteiger partial charge < -0.3 is 19.7 Å². The second-order valence-electron chi connectivity index (χ2n) is 5.82. The number of halogens is 1. The minimum absolute atomic E-state index is 0.0127. The molecule has 0 radical (unpaired) electrons. The van der Waals surface area contributed by atoms with Crippen LogP contribution in [0.2, 0.25) is 5.02 Å². The van der Waals surface area contributed by atoms with E-state index in [0.29, 0.717) is 37.3 Å². The molecule has 0 unspecified atom stereocenters. The van der Waals surface area contributed by atoms with Gasteiger partial charge in [-0.3, -0.25) is 0 Å². The maximum absolute atomic E-state index is 12.2. The smallest absolute Gasteiger partial charge is 0.317 e. The summed E-state index contributed by atoms with van der Waals surface area (Å²) in [5, 5.41) is 3.60. The van der Waals surface area contributed by atoms with Gasteiger partial charge >= 0.3 is 12.0 Å². The van der Waals surface area contributed by atoms with Crippen molar-refractivity contribution in [3.8, 4) is 6.01 Å². The Hall–Kier alpha value is -1.60. The normalized spacial score (nSPS) is 25.0. The monoisotopic (exact) mass is 340 g/mol. The fourth-order valence-corrected chi connectivity index (χ4v) is 2.97. The highest BCUT2D eigenvalue weighted by Gasteiger charge is 2.26. The molecule has 1 saturated carbocycles. The molecule has 1 aromatic heterocycles. The zero-order valence-corrected chi connectivity index (χ0v) is 13.7. The van der Waals surface area contributed by atoms with Crippen LogP contribution in [0.15, 0.2) is 12.4 Å². The van der Waals surface area contributed by atoms with Gasteiger partial charge in [-0.1, -0.05) is 11.6 Å². The average molecular weight is 341 g/mol. The van der Waals surface area contributed by atoms with E-state index in [1.54, 1.807) is 0 Å². The minimum Gasteiger partial charge on any atom is -0.460 e. The second-order valence-corrected chi connectivity index (χ2v) is 6.26. The molecule has 3 rings (SSSR count). The van der Waals surface area contributed by atoms with Crippen molar-refractivity contribution in [1.82, 2.24) is 20.2 Å². The van der Waals surface area contributed by atoms with E-state index in [1.807, 2.05) is 4.90 Å². The van der Waals surface area contributed by atoms with E-state index in [9.17, 15) is 4.79 Å². The van der Waals surface area contributed by atoms with Crippen LogP contribution in [0.4, 0.5) is 4.79 Å². The molecule has 1 saturated heterocycles. The van der Waals surface area contributed by atoms with E-state index in [4.69, 9.17) is 21.1 Å². The van der Waals surface area contributed by atoms with Crippen molar-refractivity contribution in [3.05, 3.63) is 17.4 Å². The number of amides is 2. The summed E-state index contributed by atoms with van der Waals surface area (Å²) >= 11 is 5.75. The van der Waals surface area contributed by atoms with Gasteiger partial charge in [0.25, 0.3) is 0 Å². The van der Waals surface area contributed by atoms with Crippen molar-refractivity contribution in [3.63, 3.8) is 0 Å². The molecular formula is C15H21ClN4O3. The highest BCUT2D eigenvalue weighted by molar-refractivity contribution is 6.30. The van der Waals surface area contributed by atoms with E-state index in [-0.39, 0.29) is 18.2 Å². The molecule has 126 valence electrons. The number of nitrogens with zero attached hydrogens (tertiary/aromatic N) is 3. The van der Waals surface area contributed by atoms with Gasteiger partial charge in [-0.2, -0.15) is 0 Å². The number of hydrogen-bond donors (Lipinski definition) is 1. The average Bonchev–Trinajstić information content (AvgIpc) is 2.59. The molecule has 0 aromatic carbocycles. The molecular weight excluding hydrogens is 320 g/mol. The van der Waals surface area contributed by atoms with Crippen LogP contribution in [-0.4, -0.2) is 59.3 Å². The number of rotatable bonds is 3. The first-order valence-corrected chi connectivity index (χ1v) is 8.36. The Morgan fingerprint density at radius 2 is 1.87 bits per heavy atom. The summed E-state index contributed by atoms with van der Waals surface area (Å²) in [5.74, 6) is 0. The van der Waals surface area contributed by atoms with E-state index < -0.39 is 0 Å². The third kappa shape index (κ3) is 4.68.